The standard InChI is InChI=1S/C31H33N7O/c1-21-29(22-5-3-2-4-6-22)36-30(35-21)23-8-11-38(12-9-23)31-26-17-25(18-27(26)33-20-34-31)24-7-10-32-28(19-24)37-13-15-39-16-14-37/h2-7,10,17,19-20,23H,8-9,11-16,18H2,1H3,(H,35,36). The van der Waals surface area contributed by atoms with Crippen molar-refractivity contribution in [3.63, 3.8) is 0 Å². The number of H-pyrrole nitrogens is 1. The summed E-state index contributed by atoms with van der Waals surface area (Å²) in [6.07, 6.45) is 8.85. The molecule has 1 aliphatic carbocycles. The van der Waals surface area contributed by atoms with Crippen molar-refractivity contribution < 1.29 is 4.74 Å². The highest BCUT2D eigenvalue weighted by atomic mass is 16.5. The predicted octanol–water partition coefficient (Wildman–Crippen LogP) is 4.89. The molecule has 0 saturated carbocycles. The van der Waals surface area contributed by atoms with Gasteiger partial charge in [0.2, 0.25) is 0 Å². The Kier molecular flexibility index (Phi) is 6.32. The molecule has 3 aromatic heterocycles. The van der Waals surface area contributed by atoms with Gasteiger partial charge in [-0.25, -0.2) is 19.9 Å². The lowest BCUT2D eigenvalue weighted by Gasteiger charge is -2.32. The van der Waals surface area contributed by atoms with Crippen LogP contribution in [-0.2, 0) is 11.2 Å². The SMILES string of the molecule is Cc1[nH]c(C2CCN(c3ncnc4c3C=C(c3ccnc(N5CCOCC5)c3)C4)CC2)nc1-c1ccccc1. The molecule has 1 N–H and O–H groups in total. The van der Waals surface area contributed by atoms with Gasteiger partial charge in [-0.1, -0.05) is 30.3 Å². The average Bonchev–Trinajstić information content (AvgIpc) is 3.62. The Balaban J connectivity index is 1.08. The van der Waals surface area contributed by atoms with E-state index in [1.165, 1.54) is 16.7 Å². The molecule has 2 saturated heterocycles. The summed E-state index contributed by atoms with van der Waals surface area (Å²) in [5, 5.41) is 0. The lowest BCUT2D eigenvalue weighted by molar-refractivity contribution is 0.122. The summed E-state index contributed by atoms with van der Waals surface area (Å²) in [6, 6.07) is 14.7. The van der Waals surface area contributed by atoms with Crippen molar-refractivity contribution in [2.45, 2.75) is 32.1 Å². The molecule has 5 heterocycles. The van der Waals surface area contributed by atoms with E-state index in [-0.39, 0.29) is 0 Å². The van der Waals surface area contributed by atoms with Crippen molar-refractivity contribution in [3.8, 4) is 11.3 Å². The van der Waals surface area contributed by atoms with E-state index in [0.29, 0.717) is 5.92 Å². The first-order valence-electron chi connectivity index (χ1n) is 13.9. The van der Waals surface area contributed by atoms with E-state index in [2.05, 4.69) is 74.1 Å². The second kappa shape index (κ2) is 10.3. The van der Waals surface area contributed by atoms with E-state index in [4.69, 9.17) is 14.7 Å². The highest BCUT2D eigenvalue weighted by Gasteiger charge is 2.28. The van der Waals surface area contributed by atoms with Gasteiger partial charge in [-0.3, -0.25) is 0 Å². The minimum absolute atomic E-state index is 0.425. The number of aromatic nitrogens is 5. The summed E-state index contributed by atoms with van der Waals surface area (Å²) in [5.41, 5.74) is 8.12. The molecule has 198 valence electrons. The van der Waals surface area contributed by atoms with Gasteiger partial charge in [0, 0.05) is 61.5 Å². The second-order valence-electron chi connectivity index (χ2n) is 10.6. The number of aryl methyl sites for hydroxylation is 1. The molecule has 0 bridgehead atoms. The number of nitrogens with one attached hydrogen (secondary N) is 1. The summed E-state index contributed by atoms with van der Waals surface area (Å²) >= 11 is 0. The lowest BCUT2D eigenvalue weighted by atomic mass is 9.96. The van der Waals surface area contributed by atoms with Crippen LogP contribution in [0.15, 0.2) is 55.0 Å². The van der Waals surface area contributed by atoms with Gasteiger partial charge in [0.1, 0.15) is 23.8 Å². The molecular formula is C31H33N7O. The van der Waals surface area contributed by atoms with Crippen molar-refractivity contribution in [3.05, 3.63) is 83.3 Å². The third-order valence-corrected chi connectivity index (χ3v) is 8.20. The Morgan fingerprint density at radius 3 is 2.54 bits per heavy atom. The fourth-order valence-electron chi connectivity index (χ4n) is 6.06. The number of hydrogen-bond acceptors (Lipinski definition) is 7. The molecule has 2 fully saturated rings. The molecular weight excluding hydrogens is 486 g/mol. The maximum atomic E-state index is 5.51. The first kappa shape index (κ1) is 24.0. The van der Waals surface area contributed by atoms with Gasteiger partial charge in [0.05, 0.1) is 24.6 Å². The van der Waals surface area contributed by atoms with Crippen LogP contribution in [0.1, 0.15) is 47.1 Å². The molecule has 0 amide bonds. The van der Waals surface area contributed by atoms with Gasteiger partial charge in [-0.15, -0.1) is 0 Å². The van der Waals surface area contributed by atoms with Gasteiger partial charge < -0.3 is 19.5 Å². The van der Waals surface area contributed by atoms with Gasteiger partial charge >= 0.3 is 0 Å². The number of rotatable bonds is 5. The monoisotopic (exact) mass is 519 g/mol. The third kappa shape index (κ3) is 4.69. The molecule has 0 unspecified atom stereocenters. The Labute approximate surface area is 228 Å². The number of imidazole rings is 1. The molecule has 7 rings (SSSR count). The lowest BCUT2D eigenvalue weighted by Crippen LogP contribution is -2.36. The van der Waals surface area contributed by atoms with Gasteiger partial charge in [0.25, 0.3) is 0 Å². The number of hydrogen-bond donors (Lipinski definition) is 1. The number of pyridine rings is 1. The van der Waals surface area contributed by atoms with E-state index in [0.717, 1.165) is 98.8 Å². The van der Waals surface area contributed by atoms with Crippen molar-refractivity contribution in [2.75, 3.05) is 49.2 Å². The van der Waals surface area contributed by atoms with E-state index in [9.17, 15) is 0 Å². The number of morpholine rings is 1. The number of fused-ring (bicyclic) bond motifs is 1. The number of aromatic amines is 1. The number of anilines is 2. The van der Waals surface area contributed by atoms with E-state index >= 15 is 0 Å². The topological polar surface area (TPSA) is 83.1 Å². The highest BCUT2D eigenvalue weighted by molar-refractivity contribution is 5.91. The Morgan fingerprint density at radius 2 is 1.72 bits per heavy atom. The summed E-state index contributed by atoms with van der Waals surface area (Å²) < 4.78 is 5.51. The van der Waals surface area contributed by atoms with Crippen molar-refractivity contribution in [1.82, 2.24) is 24.9 Å². The fraction of sp³-hybridized carbons (Fsp3) is 0.355. The van der Waals surface area contributed by atoms with Gasteiger partial charge in [0.15, 0.2) is 0 Å². The number of piperidine rings is 1. The Bertz CT molecular complexity index is 1500. The number of nitrogens with zero attached hydrogens (tertiary/aromatic N) is 6. The second-order valence-corrected chi connectivity index (χ2v) is 10.6. The van der Waals surface area contributed by atoms with Crippen LogP contribution in [0, 0.1) is 6.92 Å². The van der Waals surface area contributed by atoms with Crippen LogP contribution in [0.3, 0.4) is 0 Å². The molecule has 0 atom stereocenters. The largest absolute Gasteiger partial charge is 0.378 e. The zero-order chi connectivity index (χ0) is 26.2. The van der Waals surface area contributed by atoms with E-state index < -0.39 is 0 Å². The van der Waals surface area contributed by atoms with E-state index in [1.54, 1.807) is 6.33 Å². The Hall–Kier alpha value is -4.04. The predicted molar refractivity (Wildman–Crippen MR) is 154 cm³/mol. The van der Waals surface area contributed by atoms with Crippen LogP contribution in [0.2, 0.25) is 0 Å². The van der Waals surface area contributed by atoms with Crippen LogP contribution >= 0.6 is 0 Å². The first-order chi connectivity index (χ1) is 19.2. The first-order valence-corrected chi connectivity index (χ1v) is 13.9. The minimum Gasteiger partial charge on any atom is -0.378 e. The molecule has 39 heavy (non-hydrogen) atoms. The molecule has 8 heteroatoms. The van der Waals surface area contributed by atoms with Crippen LogP contribution in [0.4, 0.5) is 11.6 Å². The zero-order valence-electron chi connectivity index (χ0n) is 22.3. The Morgan fingerprint density at radius 1 is 0.897 bits per heavy atom. The molecule has 2 aliphatic heterocycles. The van der Waals surface area contributed by atoms with Crippen LogP contribution < -0.4 is 9.80 Å². The smallest absolute Gasteiger partial charge is 0.139 e. The normalized spacial score (nSPS) is 17.8. The van der Waals surface area contributed by atoms with Crippen molar-refractivity contribution in [2.24, 2.45) is 0 Å². The maximum absolute atomic E-state index is 5.51. The highest BCUT2D eigenvalue weighted by Crippen LogP contribution is 2.38. The molecule has 4 aromatic rings. The third-order valence-electron chi connectivity index (χ3n) is 8.20. The molecule has 0 spiro atoms. The summed E-state index contributed by atoms with van der Waals surface area (Å²) in [5.74, 6) is 3.60. The zero-order valence-corrected chi connectivity index (χ0v) is 22.3. The molecule has 8 nitrogen and oxygen atoms in total. The van der Waals surface area contributed by atoms with Crippen LogP contribution in [0.5, 0.6) is 0 Å². The van der Waals surface area contributed by atoms with E-state index in [1.807, 2.05) is 12.3 Å². The maximum Gasteiger partial charge on any atom is 0.139 e. The van der Waals surface area contributed by atoms with Crippen molar-refractivity contribution in [1.29, 1.82) is 0 Å². The number of ether oxygens (including phenoxy) is 1. The minimum atomic E-state index is 0.425. The van der Waals surface area contributed by atoms with Crippen molar-refractivity contribution >= 4 is 23.3 Å². The molecule has 3 aliphatic rings. The number of allylic oxidation sites excluding steroid dienone is 1. The summed E-state index contributed by atoms with van der Waals surface area (Å²) in [7, 11) is 0. The molecule has 0 radical (unpaired) electrons. The summed E-state index contributed by atoms with van der Waals surface area (Å²) in [6.45, 7) is 7.29. The quantitative estimate of drug-likeness (QED) is 0.402. The van der Waals surface area contributed by atoms with Crippen LogP contribution in [0.25, 0.3) is 22.9 Å². The number of benzene rings is 1. The summed E-state index contributed by atoms with van der Waals surface area (Å²) in [4.78, 5) is 27.4. The average molecular weight is 520 g/mol. The fourth-order valence-corrected chi connectivity index (χ4v) is 6.06. The van der Waals surface area contributed by atoms with Gasteiger partial charge in [-0.05, 0) is 49.1 Å². The molecule has 1 aromatic carbocycles. The van der Waals surface area contributed by atoms with Crippen LogP contribution in [-0.4, -0.2) is 64.3 Å². The van der Waals surface area contributed by atoms with Gasteiger partial charge in [-0.2, -0.15) is 0 Å².